The normalized spacial score (nSPS) is 10.2. The first-order valence-corrected chi connectivity index (χ1v) is 5.93. The van der Waals surface area contributed by atoms with Crippen molar-refractivity contribution in [3.8, 4) is 0 Å². The molecule has 0 aliphatic heterocycles. The minimum Gasteiger partial charge on any atom is -0.478 e. The van der Waals surface area contributed by atoms with Crippen molar-refractivity contribution in [3.05, 3.63) is 47.1 Å². The van der Waals surface area contributed by atoms with Crippen molar-refractivity contribution in [1.82, 2.24) is 15.5 Å². The number of nitrogens with zero attached hydrogens (tertiary/aromatic N) is 2. The molecule has 0 saturated carbocycles. The zero-order chi connectivity index (χ0) is 14.5. The number of rotatable bonds is 5. The number of carboxylic acid groups (broad SMARTS) is 1. The monoisotopic (exact) mass is 275 g/mol. The molecule has 2 rings (SSSR count). The summed E-state index contributed by atoms with van der Waals surface area (Å²) in [4.78, 5) is 26.7. The Morgan fingerprint density at radius 3 is 2.75 bits per heavy atom. The highest BCUT2D eigenvalue weighted by atomic mass is 16.5. The third kappa shape index (κ3) is 3.41. The molecular formula is C13H13N3O4. The molecule has 0 spiro atoms. The highest BCUT2D eigenvalue weighted by molar-refractivity contribution is 5.91. The van der Waals surface area contributed by atoms with Crippen molar-refractivity contribution in [2.24, 2.45) is 0 Å². The number of hydrogen-bond donors (Lipinski definition) is 2. The summed E-state index contributed by atoms with van der Waals surface area (Å²) in [6.45, 7) is 1.80. The van der Waals surface area contributed by atoms with E-state index in [4.69, 9.17) is 9.63 Å². The third-order valence-corrected chi connectivity index (χ3v) is 2.61. The van der Waals surface area contributed by atoms with Gasteiger partial charge < -0.3 is 14.9 Å². The second-order valence-electron chi connectivity index (χ2n) is 4.15. The largest absolute Gasteiger partial charge is 0.478 e. The van der Waals surface area contributed by atoms with Crippen LogP contribution in [-0.4, -0.2) is 27.1 Å². The number of amides is 1. The Kier molecular flexibility index (Phi) is 4.09. The van der Waals surface area contributed by atoms with E-state index in [0.29, 0.717) is 17.3 Å². The van der Waals surface area contributed by atoms with Crippen LogP contribution in [0.25, 0.3) is 0 Å². The number of aromatic carboxylic acids is 1. The van der Waals surface area contributed by atoms with Crippen molar-refractivity contribution < 1.29 is 19.2 Å². The van der Waals surface area contributed by atoms with Crippen molar-refractivity contribution >= 4 is 11.9 Å². The van der Waals surface area contributed by atoms with Gasteiger partial charge in [0.25, 0.3) is 0 Å². The quantitative estimate of drug-likeness (QED) is 0.841. The van der Waals surface area contributed by atoms with E-state index >= 15 is 0 Å². The van der Waals surface area contributed by atoms with Crippen LogP contribution in [0.15, 0.2) is 28.8 Å². The van der Waals surface area contributed by atoms with E-state index in [1.165, 1.54) is 6.07 Å². The maximum Gasteiger partial charge on any atom is 0.335 e. The topological polar surface area (TPSA) is 105 Å². The highest BCUT2D eigenvalue weighted by Crippen LogP contribution is 2.09. The van der Waals surface area contributed by atoms with Gasteiger partial charge >= 0.3 is 5.97 Å². The summed E-state index contributed by atoms with van der Waals surface area (Å²) in [6, 6.07) is 6.39. The number of nitrogens with one attached hydrogen (secondary N) is 1. The van der Waals surface area contributed by atoms with Gasteiger partial charge in [-0.3, -0.25) is 4.79 Å². The SMILES string of the molecule is Cc1nc(CNC(=O)Cc2ccccc2C(=O)O)no1. The maximum absolute atomic E-state index is 11.8. The van der Waals surface area contributed by atoms with Crippen LogP contribution < -0.4 is 5.32 Å². The highest BCUT2D eigenvalue weighted by Gasteiger charge is 2.13. The maximum atomic E-state index is 11.8. The molecule has 7 heteroatoms. The van der Waals surface area contributed by atoms with Gasteiger partial charge in [-0.15, -0.1) is 0 Å². The van der Waals surface area contributed by atoms with Gasteiger partial charge in [0.1, 0.15) is 0 Å². The van der Waals surface area contributed by atoms with Gasteiger partial charge in [0, 0.05) is 6.92 Å². The average Bonchev–Trinajstić information content (AvgIpc) is 2.83. The van der Waals surface area contributed by atoms with E-state index < -0.39 is 5.97 Å². The molecule has 1 amide bonds. The van der Waals surface area contributed by atoms with E-state index in [1.807, 2.05) is 0 Å². The lowest BCUT2D eigenvalue weighted by Gasteiger charge is -2.05. The molecular weight excluding hydrogens is 262 g/mol. The second kappa shape index (κ2) is 5.96. The first-order chi connectivity index (χ1) is 9.56. The van der Waals surface area contributed by atoms with E-state index in [-0.39, 0.29) is 24.4 Å². The molecule has 0 aliphatic carbocycles. The van der Waals surface area contributed by atoms with Crippen LogP contribution in [0.5, 0.6) is 0 Å². The van der Waals surface area contributed by atoms with Crippen LogP contribution in [0.1, 0.15) is 27.6 Å². The van der Waals surface area contributed by atoms with E-state index in [1.54, 1.807) is 25.1 Å². The predicted molar refractivity (Wildman–Crippen MR) is 68.0 cm³/mol. The molecule has 104 valence electrons. The van der Waals surface area contributed by atoms with Gasteiger partial charge in [-0.25, -0.2) is 4.79 Å². The van der Waals surface area contributed by atoms with Crippen LogP contribution in [0.3, 0.4) is 0 Å². The summed E-state index contributed by atoms with van der Waals surface area (Å²) in [5.74, 6) is -0.559. The van der Waals surface area contributed by atoms with Crippen molar-refractivity contribution in [3.63, 3.8) is 0 Å². The van der Waals surface area contributed by atoms with Crippen molar-refractivity contribution in [1.29, 1.82) is 0 Å². The van der Waals surface area contributed by atoms with E-state index in [0.717, 1.165) is 0 Å². The molecule has 2 N–H and O–H groups in total. The summed E-state index contributed by atoms with van der Waals surface area (Å²) in [7, 11) is 0. The fraction of sp³-hybridized carbons (Fsp3) is 0.231. The number of carbonyl (C=O) groups is 2. The molecule has 0 atom stereocenters. The number of benzene rings is 1. The molecule has 1 heterocycles. The Morgan fingerprint density at radius 2 is 2.10 bits per heavy atom. The molecule has 0 unspecified atom stereocenters. The minimum atomic E-state index is -1.05. The molecule has 1 aromatic carbocycles. The molecule has 2 aromatic rings. The predicted octanol–water partition coefficient (Wildman–Crippen LogP) is 0.935. The number of carbonyl (C=O) groups excluding carboxylic acids is 1. The zero-order valence-electron chi connectivity index (χ0n) is 10.8. The van der Waals surface area contributed by atoms with Gasteiger partial charge in [0.2, 0.25) is 11.8 Å². The Hall–Kier alpha value is -2.70. The van der Waals surface area contributed by atoms with Gasteiger partial charge in [0.15, 0.2) is 5.82 Å². The molecule has 0 saturated heterocycles. The van der Waals surface area contributed by atoms with Crippen LogP contribution in [0.2, 0.25) is 0 Å². The number of hydrogen-bond acceptors (Lipinski definition) is 5. The molecule has 7 nitrogen and oxygen atoms in total. The Labute approximate surface area is 114 Å². The Morgan fingerprint density at radius 1 is 1.35 bits per heavy atom. The van der Waals surface area contributed by atoms with Gasteiger partial charge in [-0.2, -0.15) is 4.98 Å². The minimum absolute atomic E-state index is 0.0146. The first kappa shape index (κ1) is 13.7. The van der Waals surface area contributed by atoms with Crippen molar-refractivity contribution in [2.45, 2.75) is 19.9 Å². The van der Waals surface area contributed by atoms with E-state index in [9.17, 15) is 9.59 Å². The summed E-state index contributed by atoms with van der Waals surface area (Å²) < 4.78 is 4.78. The fourth-order valence-corrected chi connectivity index (χ4v) is 1.71. The van der Waals surface area contributed by atoms with E-state index in [2.05, 4.69) is 15.5 Å². The number of aryl methyl sites for hydroxylation is 1. The average molecular weight is 275 g/mol. The third-order valence-electron chi connectivity index (χ3n) is 2.61. The lowest BCUT2D eigenvalue weighted by Crippen LogP contribution is -2.25. The smallest absolute Gasteiger partial charge is 0.335 e. The summed E-state index contributed by atoms with van der Waals surface area (Å²) in [5, 5.41) is 15.3. The standard InChI is InChI=1S/C13H13N3O4/c1-8-15-11(16-20-8)7-14-12(17)6-9-4-2-3-5-10(9)13(18)19/h2-5H,6-7H2,1H3,(H,14,17)(H,18,19). The molecule has 0 bridgehead atoms. The zero-order valence-corrected chi connectivity index (χ0v) is 10.8. The summed E-state index contributed by atoms with van der Waals surface area (Å²) in [5.41, 5.74) is 0.583. The molecule has 20 heavy (non-hydrogen) atoms. The lowest BCUT2D eigenvalue weighted by atomic mass is 10.0. The van der Waals surface area contributed by atoms with Gasteiger partial charge in [-0.1, -0.05) is 23.4 Å². The summed E-state index contributed by atoms with van der Waals surface area (Å²) in [6.07, 6.45) is -0.0146. The lowest BCUT2D eigenvalue weighted by molar-refractivity contribution is -0.120. The molecule has 0 radical (unpaired) electrons. The number of aromatic nitrogens is 2. The van der Waals surface area contributed by atoms with Crippen LogP contribution in [0.4, 0.5) is 0 Å². The van der Waals surface area contributed by atoms with Crippen LogP contribution in [0, 0.1) is 6.92 Å². The van der Waals surface area contributed by atoms with Gasteiger partial charge in [-0.05, 0) is 11.6 Å². The fourth-order valence-electron chi connectivity index (χ4n) is 1.71. The molecule has 0 aliphatic rings. The van der Waals surface area contributed by atoms with Crippen molar-refractivity contribution in [2.75, 3.05) is 0 Å². The van der Waals surface area contributed by atoms with Gasteiger partial charge in [0.05, 0.1) is 18.5 Å². The molecule has 1 aromatic heterocycles. The Balaban J connectivity index is 1.96. The first-order valence-electron chi connectivity index (χ1n) is 5.93. The second-order valence-corrected chi connectivity index (χ2v) is 4.15. The van der Waals surface area contributed by atoms with Crippen LogP contribution >= 0.6 is 0 Å². The number of carboxylic acids is 1. The molecule has 0 fully saturated rings. The summed E-state index contributed by atoms with van der Waals surface area (Å²) >= 11 is 0. The van der Waals surface area contributed by atoms with Crippen LogP contribution in [-0.2, 0) is 17.8 Å². The Bertz CT molecular complexity index is 636.